The summed E-state index contributed by atoms with van der Waals surface area (Å²) in [5.74, 6) is 1.42. The summed E-state index contributed by atoms with van der Waals surface area (Å²) in [5, 5.41) is 4.37. The maximum absolute atomic E-state index is 12.8. The van der Waals surface area contributed by atoms with E-state index in [9.17, 15) is 4.79 Å². The monoisotopic (exact) mass is 367 g/mol. The molecule has 1 aliphatic carbocycles. The highest BCUT2D eigenvalue weighted by Gasteiger charge is 2.24. The van der Waals surface area contributed by atoms with E-state index >= 15 is 0 Å². The van der Waals surface area contributed by atoms with Gasteiger partial charge in [-0.3, -0.25) is 4.79 Å². The van der Waals surface area contributed by atoms with Gasteiger partial charge in [-0.25, -0.2) is 4.98 Å². The van der Waals surface area contributed by atoms with Crippen molar-refractivity contribution >= 4 is 21.6 Å². The molecule has 0 radical (unpaired) electrons. The van der Waals surface area contributed by atoms with E-state index in [2.05, 4.69) is 43.2 Å². The van der Waals surface area contributed by atoms with Crippen LogP contribution >= 0.6 is 11.3 Å². The Morgan fingerprint density at radius 1 is 1.23 bits per heavy atom. The fraction of sp³-hybridized carbons (Fsp3) is 0.429. The Bertz CT molecular complexity index is 976. The Hall–Kier alpha value is -1.98. The second-order valence-electron chi connectivity index (χ2n) is 7.50. The first-order chi connectivity index (χ1) is 12.5. The van der Waals surface area contributed by atoms with Crippen molar-refractivity contribution in [1.29, 1.82) is 0 Å². The molecule has 0 bridgehead atoms. The second kappa shape index (κ2) is 6.97. The number of aromatic nitrogens is 2. The molecular formula is C21H25N3OS. The van der Waals surface area contributed by atoms with Gasteiger partial charge in [-0.2, -0.15) is 0 Å². The van der Waals surface area contributed by atoms with Gasteiger partial charge in [0.1, 0.15) is 10.7 Å². The van der Waals surface area contributed by atoms with E-state index in [-0.39, 0.29) is 17.6 Å². The zero-order chi connectivity index (χ0) is 18.3. The summed E-state index contributed by atoms with van der Waals surface area (Å²) < 4.78 is 0. The molecule has 5 heteroatoms. The molecular weight excluding hydrogens is 342 g/mol. The van der Waals surface area contributed by atoms with Crippen LogP contribution in [0.15, 0.2) is 35.1 Å². The first-order valence-electron chi connectivity index (χ1n) is 9.38. The molecule has 1 aromatic carbocycles. The average molecular weight is 368 g/mol. The van der Waals surface area contributed by atoms with Gasteiger partial charge in [-0.15, -0.1) is 11.3 Å². The van der Waals surface area contributed by atoms with E-state index in [0.29, 0.717) is 5.92 Å². The minimum absolute atomic E-state index is 0.0121. The lowest BCUT2D eigenvalue weighted by Crippen LogP contribution is -2.26. The lowest BCUT2D eigenvalue weighted by molar-refractivity contribution is 0.477. The number of thiophene rings is 1. The van der Waals surface area contributed by atoms with Gasteiger partial charge in [0.2, 0.25) is 0 Å². The summed E-state index contributed by atoms with van der Waals surface area (Å²) in [5.41, 5.74) is 2.48. The van der Waals surface area contributed by atoms with E-state index in [1.54, 1.807) is 11.3 Å². The number of hydrogen-bond donors (Lipinski definition) is 2. The van der Waals surface area contributed by atoms with Crippen LogP contribution in [0.3, 0.4) is 0 Å². The highest BCUT2D eigenvalue weighted by atomic mass is 32.1. The minimum atomic E-state index is -0.0274. The van der Waals surface area contributed by atoms with Crippen LogP contribution in [0.5, 0.6) is 0 Å². The van der Waals surface area contributed by atoms with Gasteiger partial charge in [-0.05, 0) is 50.2 Å². The van der Waals surface area contributed by atoms with Crippen molar-refractivity contribution in [2.24, 2.45) is 5.92 Å². The molecule has 0 spiro atoms. The van der Waals surface area contributed by atoms with E-state index in [1.807, 2.05) is 18.2 Å². The number of aryl methyl sites for hydroxylation is 1. The van der Waals surface area contributed by atoms with Crippen LogP contribution in [0.1, 0.15) is 61.1 Å². The van der Waals surface area contributed by atoms with Crippen molar-refractivity contribution in [2.75, 3.05) is 0 Å². The van der Waals surface area contributed by atoms with Crippen LogP contribution in [0.2, 0.25) is 0 Å². The zero-order valence-electron chi connectivity index (χ0n) is 15.5. The number of H-pyrrole nitrogens is 1. The van der Waals surface area contributed by atoms with Gasteiger partial charge >= 0.3 is 0 Å². The van der Waals surface area contributed by atoms with Crippen LogP contribution < -0.4 is 10.9 Å². The highest BCUT2D eigenvalue weighted by Crippen LogP contribution is 2.35. The molecule has 0 unspecified atom stereocenters. The van der Waals surface area contributed by atoms with E-state index in [4.69, 9.17) is 4.98 Å². The summed E-state index contributed by atoms with van der Waals surface area (Å²) >= 11 is 1.71. The third-order valence-electron chi connectivity index (χ3n) is 5.39. The molecule has 0 saturated carbocycles. The van der Waals surface area contributed by atoms with E-state index < -0.39 is 0 Å². The quantitative estimate of drug-likeness (QED) is 0.713. The third-order valence-corrected chi connectivity index (χ3v) is 6.54. The Morgan fingerprint density at radius 2 is 2.00 bits per heavy atom. The Kier molecular flexibility index (Phi) is 4.67. The summed E-state index contributed by atoms with van der Waals surface area (Å²) in [6.45, 7) is 6.47. The van der Waals surface area contributed by atoms with E-state index in [0.717, 1.165) is 35.3 Å². The van der Waals surface area contributed by atoms with Crippen molar-refractivity contribution in [2.45, 2.75) is 52.1 Å². The molecule has 136 valence electrons. The van der Waals surface area contributed by atoms with Crippen LogP contribution in [0, 0.1) is 5.92 Å². The first kappa shape index (κ1) is 17.4. The van der Waals surface area contributed by atoms with Gasteiger partial charge in [0.05, 0.1) is 11.4 Å². The fourth-order valence-electron chi connectivity index (χ4n) is 3.86. The molecule has 0 amide bonds. The topological polar surface area (TPSA) is 57.8 Å². The predicted octanol–water partition coefficient (Wildman–Crippen LogP) is 4.52. The first-order valence-corrected chi connectivity index (χ1v) is 10.2. The Labute approximate surface area is 157 Å². The van der Waals surface area contributed by atoms with Crippen LogP contribution in [0.25, 0.3) is 10.2 Å². The Morgan fingerprint density at radius 3 is 2.77 bits per heavy atom. The fourth-order valence-corrected chi connectivity index (χ4v) is 5.25. The third kappa shape index (κ3) is 3.21. The molecule has 0 aliphatic heterocycles. The van der Waals surface area contributed by atoms with Gasteiger partial charge in [0, 0.05) is 10.9 Å². The normalized spacial score (nSPS) is 19.3. The summed E-state index contributed by atoms with van der Waals surface area (Å²) in [4.78, 5) is 22.8. The van der Waals surface area contributed by atoms with Gasteiger partial charge in [0.25, 0.3) is 5.56 Å². The predicted molar refractivity (Wildman–Crippen MR) is 108 cm³/mol. The van der Waals surface area contributed by atoms with Crippen LogP contribution in [-0.2, 0) is 12.8 Å². The van der Waals surface area contributed by atoms with Crippen molar-refractivity contribution in [3.05, 3.63) is 62.5 Å². The highest BCUT2D eigenvalue weighted by molar-refractivity contribution is 7.18. The maximum Gasteiger partial charge on any atom is 0.259 e. The minimum Gasteiger partial charge on any atom is -0.309 e. The van der Waals surface area contributed by atoms with Crippen molar-refractivity contribution in [3.8, 4) is 0 Å². The zero-order valence-corrected chi connectivity index (χ0v) is 16.3. The molecule has 0 fully saturated rings. The Balaban J connectivity index is 1.64. The number of benzene rings is 1. The van der Waals surface area contributed by atoms with Crippen LogP contribution in [-0.4, -0.2) is 9.97 Å². The van der Waals surface area contributed by atoms with Crippen LogP contribution in [0.4, 0.5) is 0 Å². The molecule has 4 rings (SSSR count). The summed E-state index contributed by atoms with van der Waals surface area (Å²) in [6, 6.07) is 10.5. The molecule has 3 atom stereocenters. The molecule has 2 heterocycles. The molecule has 26 heavy (non-hydrogen) atoms. The molecule has 3 aromatic rings. The standard InChI is InChI=1S/C21H25N3OS/c1-12-9-10-16-17(11-12)26-21-18(16)20(25)23-19(24-21)14(3)22-13(2)15-7-5-4-6-8-15/h4-8,12-14,22H,9-11H2,1-3H3,(H,23,24,25)/t12-,13+,14+/m1/s1. The van der Waals surface area contributed by atoms with Gasteiger partial charge < -0.3 is 10.3 Å². The maximum atomic E-state index is 12.8. The van der Waals surface area contributed by atoms with Crippen molar-refractivity contribution in [3.63, 3.8) is 0 Å². The van der Waals surface area contributed by atoms with Gasteiger partial charge in [0.15, 0.2) is 0 Å². The van der Waals surface area contributed by atoms with E-state index in [1.165, 1.54) is 16.0 Å². The molecule has 0 saturated heterocycles. The van der Waals surface area contributed by atoms with Crippen molar-refractivity contribution < 1.29 is 0 Å². The van der Waals surface area contributed by atoms with Gasteiger partial charge in [-0.1, -0.05) is 37.3 Å². The summed E-state index contributed by atoms with van der Waals surface area (Å²) in [6.07, 6.45) is 3.23. The van der Waals surface area contributed by atoms with Crippen molar-refractivity contribution in [1.82, 2.24) is 15.3 Å². The number of nitrogens with zero attached hydrogens (tertiary/aromatic N) is 1. The molecule has 1 aliphatic rings. The lowest BCUT2D eigenvalue weighted by Gasteiger charge is -2.20. The number of hydrogen-bond acceptors (Lipinski definition) is 4. The largest absolute Gasteiger partial charge is 0.309 e. The molecule has 2 aromatic heterocycles. The smallest absolute Gasteiger partial charge is 0.259 e. The SMILES string of the molecule is C[C@@H]1CCc2c(sc3nc([C@H](C)N[C@@H](C)c4ccccc4)[nH]c(=O)c23)C1. The number of rotatable bonds is 4. The summed E-state index contributed by atoms with van der Waals surface area (Å²) in [7, 11) is 0. The molecule has 2 N–H and O–H groups in total. The lowest BCUT2D eigenvalue weighted by atomic mass is 9.89. The average Bonchev–Trinajstić information content (AvgIpc) is 3.00. The number of nitrogens with one attached hydrogen (secondary N) is 2. The second-order valence-corrected chi connectivity index (χ2v) is 8.59. The number of fused-ring (bicyclic) bond motifs is 3. The molecule has 4 nitrogen and oxygen atoms in total. The number of aromatic amines is 1.